The van der Waals surface area contributed by atoms with Crippen molar-refractivity contribution in [2.75, 3.05) is 6.54 Å². The van der Waals surface area contributed by atoms with Gasteiger partial charge in [0.1, 0.15) is 6.26 Å². The lowest BCUT2D eigenvalue weighted by molar-refractivity contribution is 0.572. The van der Waals surface area contributed by atoms with Crippen molar-refractivity contribution in [2.45, 2.75) is 33.5 Å². The van der Waals surface area contributed by atoms with Crippen LogP contribution in [0.2, 0.25) is 0 Å². The number of rotatable bonds is 8. The van der Waals surface area contributed by atoms with Gasteiger partial charge in [0.15, 0.2) is 5.96 Å². The zero-order valence-electron chi connectivity index (χ0n) is 18.5. The van der Waals surface area contributed by atoms with Gasteiger partial charge in [-0.05, 0) is 37.1 Å². The number of imidazole rings is 1. The van der Waals surface area contributed by atoms with Crippen LogP contribution in [0.3, 0.4) is 0 Å². The Hall–Kier alpha value is -3.87. The zero-order chi connectivity index (χ0) is 22.2. The van der Waals surface area contributed by atoms with Crippen molar-refractivity contribution in [1.29, 1.82) is 0 Å². The largest absolute Gasteiger partial charge is 0.444 e. The summed E-state index contributed by atoms with van der Waals surface area (Å²) in [6.07, 6.45) is 7.27. The van der Waals surface area contributed by atoms with Gasteiger partial charge in [-0.3, -0.25) is 0 Å². The smallest absolute Gasteiger partial charge is 0.226 e. The number of guanidine groups is 1. The molecule has 7 nitrogen and oxygen atoms in total. The third-order valence-electron chi connectivity index (χ3n) is 5.00. The Morgan fingerprint density at radius 1 is 1.03 bits per heavy atom. The Bertz CT molecular complexity index is 1130. The van der Waals surface area contributed by atoms with Crippen molar-refractivity contribution in [3.8, 4) is 11.5 Å². The monoisotopic (exact) mass is 428 g/mol. The second-order valence-corrected chi connectivity index (χ2v) is 7.61. The molecule has 7 heteroatoms. The van der Waals surface area contributed by atoms with Crippen LogP contribution >= 0.6 is 0 Å². The summed E-state index contributed by atoms with van der Waals surface area (Å²) in [6, 6.07) is 16.6. The molecule has 0 spiro atoms. The average molecular weight is 429 g/mol. The summed E-state index contributed by atoms with van der Waals surface area (Å²) in [6.45, 7) is 6.83. The molecule has 0 saturated carbocycles. The Balaban J connectivity index is 1.33. The number of aromatic nitrogens is 3. The molecule has 0 atom stereocenters. The van der Waals surface area contributed by atoms with E-state index in [9.17, 15) is 0 Å². The van der Waals surface area contributed by atoms with E-state index in [0.717, 1.165) is 35.9 Å². The van der Waals surface area contributed by atoms with E-state index in [-0.39, 0.29) is 0 Å². The van der Waals surface area contributed by atoms with Crippen LogP contribution in [0.25, 0.3) is 11.5 Å². The average Bonchev–Trinajstić information content (AvgIpc) is 3.49. The normalized spacial score (nSPS) is 11.5. The Morgan fingerprint density at radius 2 is 1.81 bits per heavy atom. The minimum absolute atomic E-state index is 0.533. The van der Waals surface area contributed by atoms with Gasteiger partial charge in [0, 0.05) is 31.0 Å². The molecule has 0 aliphatic heterocycles. The Morgan fingerprint density at radius 3 is 2.53 bits per heavy atom. The minimum Gasteiger partial charge on any atom is -0.444 e. The molecule has 0 saturated heterocycles. The lowest BCUT2D eigenvalue weighted by atomic mass is 10.1. The van der Waals surface area contributed by atoms with Crippen LogP contribution in [0.15, 0.2) is 82.9 Å². The fourth-order valence-corrected chi connectivity index (χ4v) is 3.24. The summed E-state index contributed by atoms with van der Waals surface area (Å²) in [5.41, 5.74) is 5.39. The van der Waals surface area contributed by atoms with Crippen molar-refractivity contribution in [2.24, 2.45) is 4.99 Å². The SMILES string of the molecule is CCNC(=NCc1ccc(Cn2ccnc2)cc1)NCc1coc(-c2ccc(C)cc2)n1. The molecule has 0 unspecified atom stereocenters. The summed E-state index contributed by atoms with van der Waals surface area (Å²) in [4.78, 5) is 13.4. The number of benzene rings is 2. The van der Waals surface area contributed by atoms with Crippen LogP contribution in [0, 0.1) is 6.92 Å². The van der Waals surface area contributed by atoms with Gasteiger partial charge >= 0.3 is 0 Å². The molecule has 0 aliphatic rings. The standard InChI is InChI=1S/C25H28N6O/c1-3-27-25(28-14-20-6-8-21(9-7-20)16-31-13-12-26-18-31)29-15-23-17-32-24(30-23)22-10-4-19(2)5-11-22/h4-13,17-18H,3,14-16H2,1-2H3,(H2,27,28,29). The molecule has 0 radical (unpaired) electrons. The maximum Gasteiger partial charge on any atom is 0.226 e. The molecule has 2 aromatic carbocycles. The maximum absolute atomic E-state index is 5.64. The van der Waals surface area contributed by atoms with Gasteiger partial charge in [-0.15, -0.1) is 0 Å². The number of hydrogen-bond acceptors (Lipinski definition) is 4. The van der Waals surface area contributed by atoms with Crippen LogP contribution in [0.1, 0.15) is 29.3 Å². The predicted molar refractivity (Wildman–Crippen MR) is 126 cm³/mol. The number of nitrogens with one attached hydrogen (secondary N) is 2. The molecule has 32 heavy (non-hydrogen) atoms. The summed E-state index contributed by atoms with van der Waals surface area (Å²) in [5, 5.41) is 6.61. The summed E-state index contributed by atoms with van der Waals surface area (Å²) in [5.74, 6) is 1.37. The van der Waals surface area contributed by atoms with Gasteiger partial charge in [0.2, 0.25) is 5.89 Å². The molecule has 0 aliphatic carbocycles. The van der Waals surface area contributed by atoms with Crippen molar-refractivity contribution < 1.29 is 4.42 Å². The summed E-state index contributed by atoms with van der Waals surface area (Å²) in [7, 11) is 0. The first-order valence-electron chi connectivity index (χ1n) is 10.8. The summed E-state index contributed by atoms with van der Waals surface area (Å²) < 4.78 is 7.69. The van der Waals surface area contributed by atoms with E-state index in [0.29, 0.717) is 19.0 Å². The van der Waals surface area contributed by atoms with Crippen molar-refractivity contribution >= 4 is 5.96 Å². The lowest BCUT2D eigenvalue weighted by Gasteiger charge is -2.10. The lowest BCUT2D eigenvalue weighted by Crippen LogP contribution is -2.36. The van der Waals surface area contributed by atoms with Crippen LogP contribution < -0.4 is 10.6 Å². The van der Waals surface area contributed by atoms with E-state index in [2.05, 4.69) is 68.5 Å². The van der Waals surface area contributed by atoms with Crippen molar-refractivity contribution in [3.05, 3.63) is 95.9 Å². The fraction of sp³-hybridized carbons (Fsp3) is 0.240. The third-order valence-corrected chi connectivity index (χ3v) is 5.00. The van der Waals surface area contributed by atoms with Crippen LogP contribution in [0.4, 0.5) is 0 Å². The molecular weight excluding hydrogens is 400 g/mol. The number of hydrogen-bond donors (Lipinski definition) is 2. The molecule has 2 heterocycles. The molecule has 164 valence electrons. The fourth-order valence-electron chi connectivity index (χ4n) is 3.24. The van der Waals surface area contributed by atoms with Crippen LogP contribution in [0.5, 0.6) is 0 Å². The van der Waals surface area contributed by atoms with Crippen LogP contribution in [-0.4, -0.2) is 27.0 Å². The van der Waals surface area contributed by atoms with Gasteiger partial charge in [0.05, 0.1) is 25.1 Å². The number of oxazole rings is 1. The van der Waals surface area contributed by atoms with Crippen molar-refractivity contribution in [3.63, 3.8) is 0 Å². The van der Waals surface area contributed by atoms with E-state index in [1.165, 1.54) is 11.1 Å². The van der Waals surface area contributed by atoms with E-state index >= 15 is 0 Å². The van der Waals surface area contributed by atoms with Crippen LogP contribution in [-0.2, 0) is 19.6 Å². The first kappa shape index (κ1) is 21.4. The molecule has 0 bridgehead atoms. The molecule has 0 amide bonds. The first-order valence-corrected chi connectivity index (χ1v) is 10.8. The first-order chi connectivity index (χ1) is 15.7. The van der Waals surface area contributed by atoms with Crippen molar-refractivity contribution in [1.82, 2.24) is 25.2 Å². The zero-order valence-corrected chi connectivity index (χ0v) is 18.5. The van der Waals surface area contributed by atoms with E-state index in [1.54, 1.807) is 12.5 Å². The Kier molecular flexibility index (Phi) is 6.97. The third kappa shape index (κ3) is 5.85. The molecule has 4 rings (SSSR count). The number of aliphatic imine (C=N–C) groups is 1. The molecule has 0 fully saturated rings. The maximum atomic E-state index is 5.64. The number of aryl methyl sites for hydroxylation is 1. The highest BCUT2D eigenvalue weighted by molar-refractivity contribution is 5.79. The number of nitrogens with zero attached hydrogens (tertiary/aromatic N) is 4. The molecule has 4 aromatic rings. The van der Waals surface area contributed by atoms with E-state index in [1.807, 2.05) is 31.6 Å². The predicted octanol–water partition coefficient (Wildman–Crippen LogP) is 4.15. The quantitative estimate of drug-likeness (QED) is 0.326. The highest BCUT2D eigenvalue weighted by atomic mass is 16.3. The summed E-state index contributed by atoms with van der Waals surface area (Å²) >= 11 is 0. The van der Waals surface area contributed by atoms with E-state index in [4.69, 9.17) is 9.41 Å². The second kappa shape index (κ2) is 10.4. The van der Waals surface area contributed by atoms with Gasteiger partial charge < -0.3 is 19.6 Å². The van der Waals surface area contributed by atoms with Gasteiger partial charge in [0.25, 0.3) is 0 Å². The van der Waals surface area contributed by atoms with Gasteiger partial charge in [-0.1, -0.05) is 42.0 Å². The molecule has 2 aromatic heterocycles. The highest BCUT2D eigenvalue weighted by Gasteiger charge is 2.07. The van der Waals surface area contributed by atoms with Gasteiger partial charge in [-0.25, -0.2) is 15.0 Å². The van der Waals surface area contributed by atoms with Gasteiger partial charge in [-0.2, -0.15) is 0 Å². The highest BCUT2D eigenvalue weighted by Crippen LogP contribution is 2.19. The topological polar surface area (TPSA) is 80.3 Å². The molecular formula is C25H28N6O. The van der Waals surface area contributed by atoms with E-state index < -0.39 is 0 Å². The minimum atomic E-state index is 0.533. The second-order valence-electron chi connectivity index (χ2n) is 7.61. The molecule has 2 N–H and O–H groups in total. The Labute approximate surface area is 188 Å².